The van der Waals surface area contributed by atoms with Crippen LogP contribution in [-0.4, -0.2) is 36.7 Å². The molecule has 0 fully saturated rings. The number of aliphatic hydroxyl groups is 1. The molecule has 5 rings (SSSR count). The summed E-state index contributed by atoms with van der Waals surface area (Å²) in [5, 5.41) is 23.4. The lowest BCUT2D eigenvalue weighted by Crippen LogP contribution is -2.41. The molecular formula is C24H15ClF3N7O3. The lowest BCUT2D eigenvalue weighted by molar-refractivity contribution is -0.142. The number of nitriles is 1. The van der Waals surface area contributed by atoms with Gasteiger partial charge in [0.25, 0.3) is 5.56 Å². The van der Waals surface area contributed by atoms with Crippen LogP contribution in [0.4, 0.5) is 13.2 Å². The minimum absolute atomic E-state index is 0.0200. The van der Waals surface area contributed by atoms with E-state index in [-0.39, 0.29) is 28.5 Å². The van der Waals surface area contributed by atoms with E-state index in [2.05, 4.69) is 25.3 Å². The van der Waals surface area contributed by atoms with Gasteiger partial charge in [-0.3, -0.25) is 9.36 Å². The smallest absolute Gasteiger partial charge is 0.437 e. The summed E-state index contributed by atoms with van der Waals surface area (Å²) in [5.74, 6) is -1.03. The van der Waals surface area contributed by atoms with Crippen molar-refractivity contribution in [3.05, 3.63) is 93.0 Å². The number of ether oxygens (including phenoxy) is 1. The third kappa shape index (κ3) is 4.82. The summed E-state index contributed by atoms with van der Waals surface area (Å²) >= 11 is 5.91. The first-order chi connectivity index (χ1) is 18.1. The highest BCUT2D eigenvalue weighted by atomic mass is 35.5. The van der Waals surface area contributed by atoms with Crippen molar-refractivity contribution in [2.24, 2.45) is 4.99 Å². The second kappa shape index (κ2) is 9.66. The van der Waals surface area contributed by atoms with E-state index in [1.165, 1.54) is 12.3 Å². The van der Waals surface area contributed by atoms with Crippen molar-refractivity contribution in [3.63, 3.8) is 0 Å². The molecule has 3 N–H and O–H groups in total. The third-order valence-electron chi connectivity index (χ3n) is 5.54. The van der Waals surface area contributed by atoms with Gasteiger partial charge in [-0.25, -0.2) is 15.0 Å². The van der Waals surface area contributed by atoms with E-state index in [1.54, 1.807) is 30.6 Å². The number of pyridine rings is 1. The number of halogens is 4. The summed E-state index contributed by atoms with van der Waals surface area (Å²) in [6, 6.07) is 8.88. The highest BCUT2D eigenvalue weighted by molar-refractivity contribution is 6.30. The predicted octanol–water partition coefficient (Wildman–Crippen LogP) is 3.71. The second-order valence-corrected chi connectivity index (χ2v) is 8.51. The molecule has 1 aromatic carbocycles. The summed E-state index contributed by atoms with van der Waals surface area (Å²) in [7, 11) is 0. The van der Waals surface area contributed by atoms with Crippen LogP contribution in [0.15, 0.2) is 70.6 Å². The number of aliphatic hydroxyl groups excluding tert-OH is 1. The number of amidine groups is 1. The van der Waals surface area contributed by atoms with Crippen molar-refractivity contribution >= 4 is 28.5 Å². The first-order valence-corrected chi connectivity index (χ1v) is 11.2. The van der Waals surface area contributed by atoms with Crippen LogP contribution in [0.2, 0.25) is 5.02 Å². The van der Waals surface area contributed by atoms with Crippen LogP contribution in [-0.2, 0) is 12.7 Å². The maximum absolute atomic E-state index is 13.6. The Morgan fingerprint density at radius 3 is 2.79 bits per heavy atom. The van der Waals surface area contributed by atoms with Gasteiger partial charge in [-0.2, -0.15) is 18.4 Å². The minimum Gasteiger partial charge on any atom is -0.449 e. The summed E-state index contributed by atoms with van der Waals surface area (Å²) < 4.78 is 47.0. The Labute approximate surface area is 216 Å². The largest absolute Gasteiger partial charge is 0.449 e. The number of aromatic nitrogens is 4. The van der Waals surface area contributed by atoms with E-state index in [9.17, 15) is 23.1 Å². The van der Waals surface area contributed by atoms with Gasteiger partial charge >= 0.3 is 6.18 Å². The quantitative estimate of drug-likeness (QED) is 0.350. The average molecular weight is 542 g/mol. The fourth-order valence-electron chi connectivity index (χ4n) is 3.80. The van der Waals surface area contributed by atoms with Crippen LogP contribution in [0.3, 0.4) is 0 Å². The Morgan fingerprint density at radius 1 is 1.24 bits per heavy atom. The molecule has 0 amide bonds. The van der Waals surface area contributed by atoms with E-state index in [1.807, 2.05) is 0 Å². The number of nitrogens with one attached hydrogen (secondary N) is 2. The maximum atomic E-state index is 13.6. The molecular weight excluding hydrogens is 527 g/mol. The Balaban J connectivity index is 1.50. The van der Waals surface area contributed by atoms with Crippen LogP contribution in [0.5, 0.6) is 11.5 Å². The van der Waals surface area contributed by atoms with Crippen molar-refractivity contribution in [2.45, 2.75) is 18.9 Å². The Hall–Kier alpha value is -4.67. The average Bonchev–Trinajstić information content (AvgIpc) is 3.35. The maximum Gasteiger partial charge on any atom is 0.437 e. The molecule has 14 heteroatoms. The number of aromatic amines is 1. The summed E-state index contributed by atoms with van der Waals surface area (Å²) in [5.41, 5.74) is -1.25. The molecule has 192 valence electrons. The molecule has 0 radical (unpaired) electrons. The van der Waals surface area contributed by atoms with Crippen LogP contribution in [0.25, 0.3) is 11.0 Å². The van der Waals surface area contributed by atoms with Crippen molar-refractivity contribution in [1.82, 2.24) is 24.8 Å². The first-order valence-electron chi connectivity index (χ1n) is 10.8. The van der Waals surface area contributed by atoms with E-state index < -0.39 is 29.4 Å². The Kier molecular flexibility index (Phi) is 6.35. The number of fused-ring (bicyclic) bond motifs is 1. The number of aliphatic imine (C=N–C) groups is 1. The van der Waals surface area contributed by atoms with Crippen molar-refractivity contribution in [3.8, 4) is 17.6 Å². The number of rotatable bonds is 5. The van der Waals surface area contributed by atoms with E-state index in [0.717, 1.165) is 22.1 Å². The van der Waals surface area contributed by atoms with E-state index in [4.69, 9.17) is 21.6 Å². The topological polar surface area (TPSA) is 141 Å². The molecule has 38 heavy (non-hydrogen) atoms. The molecule has 1 aliphatic rings. The normalized spacial score (nSPS) is 15.4. The van der Waals surface area contributed by atoms with Gasteiger partial charge in [0.2, 0.25) is 5.75 Å². The monoisotopic (exact) mass is 541 g/mol. The molecule has 0 saturated carbocycles. The van der Waals surface area contributed by atoms with Gasteiger partial charge in [0.1, 0.15) is 17.2 Å². The lowest BCUT2D eigenvalue weighted by atomic mass is 10.1. The van der Waals surface area contributed by atoms with Crippen LogP contribution < -0.4 is 15.6 Å². The van der Waals surface area contributed by atoms with Gasteiger partial charge < -0.3 is 20.1 Å². The number of nitrogens with zero attached hydrogens (tertiary/aromatic N) is 5. The number of alkyl halides is 3. The summed E-state index contributed by atoms with van der Waals surface area (Å²) in [6.45, 7) is -0.347. The molecule has 4 heterocycles. The van der Waals surface area contributed by atoms with Gasteiger partial charge in [0.15, 0.2) is 11.9 Å². The second-order valence-electron chi connectivity index (χ2n) is 8.07. The van der Waals surface area contributed by atoms with Gasteiger partial charge in [0, 0.05) is 40.1 Å². The predicted molar refractivity (Wildman–Crippen MR) is 130 cm³/mol. The molecule has 0 spiro atoms. The number of benzene rings is 1. The highest BCUT2D eigenvalue weighted by Gasteiger charge is 2.39. The van der Waals surface area contributed by atoms with Crippen molar-refractivity contribution in [2.75, 3.05) is 0 Å². The third-order valence-corrected chi connectivity index (χ3v) is 5.76. The van der Waals surface area contributed by atoms with E-state index >= 15 is 0 Å². The van der Waals surface area contributed by atoms with Gasteiger partial charge in [-0.05, 0) is 30.3 Å². The number of H-pyrrole nitrogens is 1. The Bertz CT molecular complexity index is 1720. The molecule has 0 saturated heterocycles. The molecule has 1 unspecified atom stereocenters. The van der Waals surface area contributed by atoms with Crippen LogP contribution in [0, 0.1) is 11.3 Å². The van der Waals surface area contributed by atoms with Crippen LogP contribution >= 0.6 is 11.6 Å². The van der Waals surface area contributed by atoms with Crippen molar-refractivity contribution in [1.29, 1.82) is 5.26 Å². The standard InChI is InChI=1S/C24H15ClF3N7O3/c25-14-5-12(8-29)6-15(7-14)38-18-19(24(26,27)28)33-11-35(23(18)37)10-13-9-32-21(34-22(13)36)17-2-4-31-20-16(17)1-3-30-20/h1-7,9,11,22,36H,10H2,(H,30,31)(H,32,34). The zero-order chi connectivity index (χ0) is 27.0. The number of hydrogen-bond acceptors (Lipinski definition) is 8. The minimum atomic E-state index is -5.01. The van der Waals surface area contributed by atoms with E-state index in [0.29, 0.717) is 23.4 Å². The van der Waals surface area contributed by atoms with Gasteiger partial charge in [-0.1, -0.05) is 11.6 Å². The molecule has 1 atom stereocenters. The summed E-state index contributed by atoms with van der Waals surface area (Å²) in [4.78, 5) is 28.0. The molecule has 10 nitrogen and oxygen atoms in total. The highest BCUT2D eigenvalue weighted by Crippen LogP contribution is 2.35. The SMILES string of the molecule is N#Cc1cc(Cl)cc(Oc2c(C(F)(F)F)ncn(CC3=CN=C(c4ccnc5[nH]ccc45)NC3O)c2=O)c1. The van der Waals surface area contributed by atoms with Gasteiger partial charge in [0.05, 0.1) is 24.5 Å². The van der Waals surface area contributed by atoms with Gasteiger partial charge in [-0.15, -0.1) is 0 Å². The molecule has 0 aliphatic carbocycles. The van der Waals surface area contributed by atoms with Crippen LogP contribution in [0.1, 0.15) is 16.8 Å². The Morgan fingerprint density at radius 2 is 2.05 bits per heavy atom. The molecule has 3 aromatic heterocycles. The first kappa shape index (κ1) is 25.0. The zero-order valence-corrected chi connectivity index (χ0v) is 19.7. The lowest BCUT2D eigenvalue weighted by Gasteiger charge is -2.23. The fourth-order valence-corrected chi connectivity index (χ4v) is 4.02. The summed E-state index contributed by atoms with van der Waals surface area (Å²) in [6.07, 6.45) is -1.03. The molecule has 4 aromatic rings. The fraction of sp³-hybridized carbons (Fsp3) is 0.125. The molecule has 0 bridgehead atoms. The number of hydrogen-bond donors (Lipinski definition) is 3. The molecule has 1 aliphatic heterocycles. The zero-order valence-electron chi connectivity index (χ0n) is 19.0. The van der Waals surface area contributed by atoms with Crippen molar-refractivity contribution < 1.29 is 23.0 Å².